The summed E-state index contributed by atoms with van der Waals surface area (Å²) in [6.45, 7) is 7.72. The van der Waals surface area contributed by atoms with Crippen LogP contribution in [0.1, 0.15) is 27.2 Å². The summed E-state index contributed by atoms with van der Waals surface area (Å²) in [6, 6.07) is 11.2. The van der Waals surface area contributed by atoms with E-state index < -0.39 is 0 Å². The number of hydrogen-bond acceptors (Lipinski definition) is 7. The molecule has 1 atom stereocenters. The molecule has 1 fully saturated rings. The van der Waals surface area contributed by atoms with Crippen LogP contribution >= 0.6 is 11.8 Å². The average molecular weight is 498 g/mol. The molecule has 186 valence electrons. The summed E-state index contributed by atoms with van der Waals surface area (Å²) in [5.41, 5.74) is 0.836. The molecular formula is C25H31N5O4S. The number of carbonyl (C=O) groups is 2. The fraction of sp³-hybridized carbons (Fsp3) is 0.440. The van der Waals surface area contributed by atoms with Crippen molar-refractivity contribution in [3.63, 3.8) is 0 Å². The molecule has 3 aromatic rings. The highest BCUT2D eigenvalue weighted by Gasteiger charge is 2.30. The summed E-state index contributed by atoms with van der Waals surface area (Å²) in [5.74, 6) is 2.60. The Labute approximate surface area is 209 Å². The number of methoxy groups -OCH3 is 1. The maximum absolute atomic E-state index is 13.0. The standard InChI is InChI=1S/C25H31N5O4S/c1-17(2)14-22(31)29-12-11-28(15-18(29)3)23(32)16-35-25-27-26-24(21-6-5-13-34-21)30(25)19-7-9-20(33-4)10-8-19/h5-10,13,17-18H,11-12,14-16H2,1-4H3. The van der Waals surface area contributed by atoms with E-state index in [1.54, 1.807) is 19.4 Å². The van der Waals surface area contributed by atoms with E-state index in [0.717, 1.165) is 11.4 Å². The van der Waals surface area contributed by atoms with E-state index in [9.17, 15) is 9.59 Å². The lowest BCUT2D eigenvalue weighted by Gasteiger charge is -2.40. The number of ether oxygens (including phenoxy) is 1. The molecule has 0 saturated carbocycles. The third-order valence-corrected chi connectivity index (χ3v) is 6.83. The van der Waals surface area contributed by atoms with Crippen molar-refractivity contribution in [2.75, 3.05) is 32.5 Å². The first kappa shape index (κ1) is 24.8. The van der Waals surface area contributed by atoms with Gasteiger partial charge in [-0.25, -0.2) is 0 Å². The van der Waals surface area contributed by atoms with E-state index >= 15 is 0 Å². The predicted molar refractivity (Wildman–Crippen MR) is 134 cm³/mol. The van der Waals surface area contributed by atoms with E-state index in [-0.39, 0.29) is 23.6 Å². The Balaban J connectivity index is 1.46. The largest absolute Gasteiger partial charge is 0.497 e. The number of furan rings is 1. The van der Waals surface area contributed by atoms with Crippen LogP contribution in [0.25, 0.3) is 17.3 Å². The molecule has 1 aliphatic rings. The van der Waals surface area contributed by atoms with Crippen molar-refractivity contribution < 1.29 is 18.7 Å². The summed E-state index contributed by atoms with van der Waals surface area (Å²) in [4.78, 5) is 29.3. The maximum Gasteiger partial charge on any atom is 0.233 e. The first-order valence-electron chi connectivity index (χ1n) is 11.7. The monoisotopic (exact) mass is 497 g/mol. The van der Waals surface area contributed by atoms with Crippen molar-refractivity contribution in [3.05, 3.63) is 42.7 Å². The first-order valence-corrected chi connectivity index (χ1v) is 12.7. The summed E-state index contributed by atoms with van der Waals surface area (Å²) < 4.78 is 12.7. The average Bonchev–Trinajstić information content (AvgIpc) is 3.52. The Morgan fingerprint density at radius 2 is 1.91 bits per heavy atom. The summed E-state index contributed by atoms with van der Waals surface area (Å²) in [5, 5.41) is 9.27. The van der Waals surface area contributed by atoms with Crippen LogP contribution in [0.15, 0.2) is 52.2 Å². The number of hydrogen-bond donors (Lipinski definition) is 0. The zero-order chi connectivity index (χ0) is 24.9. The number of benzene rings is 1. The fourth-order valence-electron chi connectivity index (χ4n) is 4.13. The van der Waals surface area contributed by atoms with Crippen molar-refractivity contribution in [1.82, 2.24) is 24.6 Å². The van der Waals surface area contributed by atoms with Gasteiger partial charge in [-0.1, -0.05) is 25.6 Å². The molecule has 0 radical (unpaired) electrons. The highest BCUT2D eigenvalue weighted by molar-refractivity contribution is 7.99. The van der Waals surface area contributed by atoms with Gasteiger partial charge in [-0.2, -0.15) is 0 Å². The van der Waals surface area contributed by atoms with Gasteiger partial charge in [-0.3, -0.25) is 14.2 Å². The van der Waals surface area contributed by atoms with Crippen LogP contribution in [-0.2, 0) is 9.59 Å². The molecule has 2 aromatic heterocycles. The van der Waals surface area contributed by atoms with Crippen LogP contribution < -0.4 is 4.74 Å². The van der Waals surface area contributed by atoms with Gasteiger partial charge in [0.25, 0.3) is 0 Å². The lowest BCUT2D eigenvalue weighted by atomic mass is 10.1. The van der Waals surface area contributed by atoms with Crippen molar-refractivity contribution in [3.8, 4) is 23.0 Å². The van der Waals surface area contributed by atoms with Crippen molar-refractivity contribution in [2.24, 2.45) is 5.92 Å². The molecule has 0 N–H and O–H groups in total. The third-order valence-electron chi connectivity index (χ3n) is 5.91. The Hall–Kier alpha value is -3.27. The Bertz CT molecular complexity index is 1140. The van der Waals surface area contributed by atoms with E-state index in [2.05, 4.69) is 10.2 Å². The maximum atomic E-state index is 13.0. The zero-order valence-corrected chi connectivity index (χ0v) is 21.3. The minimum absolute atomic E-state index is 0.00235. The molecule has 1 aromatic carbocycles. The van der Waals surface area contributed by atoms with Gasteiger partial charge in [0.1, 0.15) is 5.75 Å². The Morgan fingerprint density at radius 3 is 2.54 bits per heavy atom. The smallest absolute Gasteiger partial charge is 0.233 e. The third kappa shape index (κ3) is 5.70. The summed E-state index contributed by atoms with van der Waals surface area (Å²) in [7, 11) is 1.62. The first-order chi connectivity index (χ1) is 16.9. The van der Waals surface area contributed by atoms with Gasteiger partial charge >= 0.3 is 0 Å². The molecule has 35 heavy (non-hydrogen) atoms. The van der Waals surface area contributed by atoms with E-state index in [0.29, 0.717) is 48.7 Å². The van der Waals surface area contributed by atoms with Crippen molar-refractivity contribution >= 4 is 23.6 Å². The van der Waals surface area contributed by atoms with Crippen molar-refractivity contribution in [2.45, 2.75) is 38.4 Å². The number of aromatic nitrogens is 3. The fourth-order valence-corrected chi connectivity index (χ4v) is 4.99. The van der Waals surface area contributed by atoms with Crippen LogP contribution in [0.4, 0.5) is 0 Å². The van der Waals surface area contributed by atoms with E-state index in [1.807, 2.05) is 65.5 Å². The molecule has 2 amide bonds. The molecule has 1 aliphatic heterocycles. The van der Waals surface area contributed by atoms with Gasteiger partial charge in [0.15, 0.2) is 10.9 Å². The molecule has 3 heterocycles. The molecular weight excluding hydrogens is 466 g/mol. The molecule has 9 nitrogen and oxygen atoms in total. The quantitative estimate of drug-likeness (QED) is 0.438. The Morgan fingerprint density at radius 1 is 1.14 bits per heavy atom. The molecule has 0 bridgehead atoms. The number of piperazine rings is 1. The zero-order valence-electron chi connectivity index (χ0n) is 20.5. The molecule has 0 spiro atoms. The second-order valence-corrected chi connectivity index (χ2v) is 9.92. The highest BCUT2D eigenvalue weighted by atomic mass is 32.2. The topological polar surface area (TPSA) is 93.7 Å². The second-order valence-electron chi connectivity index (χ2n) is 8.98. The van der Waals surface area contributed by atoms with Crippen molar-refractivity contribution in [1.29, 1.82) is 0 Å². The van der Waals surface area contributed by atoms with Gasteiger partial charge in [0, 0.05) is 32.1 Å². The second kappa shape index (κ2) is 11.0. The minimum atomic E-state index is -0.00235. The van der Waals surface area contributed by atoms with Crippen LogP contribution in [0.3, 0.4) is 0 Å². The molecule has 1 saturated heterocycles. The highest BCUT2D eigenvalue weighted by Crippen LogP contribution is 2.29. The van der Waals surface area contributed by atoms with Gasteiger partial charge in [0.05, 0.1) is 24.8 Å². The van der Waals surface area contributed by atoms with Crippen LogP contribution in [-0.4, -0.2) is 74.9 Å². The minimum Gasteiger partial charge on any atom is -0.497 e. The summed E-state index contributed by atoms with van der Waals surface area (Å²) in [6.07, 6.45) is 2.12. The number of carbonyl (C=O) groups excluding carboxylic acids is 2. The Kier molecular flexibility index (Phi) is 7.80. The molecule has 4 rings (SSSR count). The molecule has 1 unspecified atom stereocenters. The molecule has 10 heteroatoms. The van der Waals surface area contributed by atoms with Gasteiger partial charge in [-0.05, 0) is 49.2 Å². The van der Waals surface area contributed by atoms with Gasteiger partial charge in [0.2, 0.25) is 17.6 Å². The van der Waals surface area contributed by atoms with Gasteiger partial charge < -0.3 is 19.0 Å². The number of thioether (sulfide) groups is 1. The summed E-state index contributed by atoms with van der Waals surface area (Å²) >= 11 is 1.33. The lowest BCUT2D eigenvalue weighted by molar-refractivity contribution is -0.141. The number of rotatable bonds is 8. The number of nitrogens with zero attached hydrogens (tertiary/aromatic N) is 5. The van der Waals surface area contributed by atoms with Crippen LogP contribution in [0.2, 0.25) is 0 Å². The van der Waals surface area contributed by atoms with E-state index in [1.165, 1.54) is 11.8 Å². The van der Waals surface area contributed by atoms with Crippen LogP contribution in [0.5, 0.6) is 5.75 Å². The van der Waals surface area contributed by atoms with Gasteiger partial charge in [-0.15, -0.1) is 10.2 Å². The van der Waals surface area contributed by atoms with E-state index in [4.69, 9.17) is 9.15 Å². The molecule has 0 aliphatic carbocycles. The lowest BCUT2D eigenvalue weighted by Crippen LogP contribution is -2.55. The van der Waals surface area contributed by atoms with Crippen LogP contribution in [0, 0.1) is 5.92 Å². The normalized spacial score (nSPS) is 16.1. The SMILES string of the molecule is COc1ccc(-n2c(SCC(=O)N3CCN(C(=O)CC(C)C)C(C)C3)nnc2-c2ccco2)cc1. The predicted octanol–water partition coefficient (Wildman–Crippen LogP) is 3.73. The number of amides is 2.